The molecule has 0 aromatic heterocycles. The Morgan fingerprint density at radius 3 is 2.68 bits per heavy atom. The van der Waals surface area contributed by atoms with Gasteiger partial charge in [-0.15, -0.1) is 0 Å². The molecule has 2 aliphatic rings. The third-order valence-electron chi connectivity index (χ3n) is 6.01. The van der Waals surface area contributed by atoms with Crippen molar-refractivity contribution < 1.29 is 19.1 Å². The van der Waals surface area contributed by atoms with Gasteiger partial charge in [0, 0.05) is 35.7 Å². The number of allylic oxidation sites excluding steroid dienone is 3. The van der Waals surface area contributed by atoms with Crippen molar-refractivity contribution in [1.29, 1.82) is 0 Å². The minimum absolute atomic E-state index is 0.0533. The molecule has 0 fully saturated rings. The normalized spacial score (nSPS) is 18.4. The number of hydrogen-bond donors (Lipinski definition) is 1. The number of methoxy groups -OCH3 is 1. The Labute approximate surface area is 182 Å². The summed E-state index contributed by atoms with van der Waals surface area (Å²) in [6.45, 7) is 4.08. The number of para-hydroxylation sites is 1. The van der Waals surface area contributed by atoms with Gasteiger partial charge in [-0.25, -0.2) is 4.79 Å². The van der Waals surface area contributed by atoms with E-state index in [0.717, 1.165) is 33.8 Å². The molecule has 2 aromatic carbocycles. The number of carbonyl (C=O) groups excluding carboxylic acids is 2. The van der Waals surface area contributed by atoms with E-state index in [1.165, 1.54) is 0 Å². The van der Waals surface area contributed by atoms with E-state index in [1.54, 1.807) is 7.11 Å². The second-order valence-electron chi connectivity index (χ2n) is 8.20. The van der Waals surface area contributed by atoms with Crippen molar-refractivity contribution in [2.45, 2.75) is 45.6 Å². The molecule has 1 heterocycles. The van der Waals surface area contributed by atoms with Crippen LogP contribution in [0.1, 0.15) is 48.8 Å². The van der Waals surface area contributed by atoms with Gasteiger partial charge in [0.1, 0.15) is 12.4 Å². The molecule has 1 N–H and O–H groups in total. The highest BCUT2D eigenvalue weighted by atomic mass is 16.5. The van der Waals surface area contributed by atoms with E-state index in [1.807, 2.05) is 62.4 Å². The van der Waals surface area contributed by atoms with Crippen molar-refractivity contribution in [3.63, 3.8) is 0 Å². The standard InChI is InChI=1S/C26H27NO4/c1-16-7-6-8-18(11-16)15-31-26(29)21-14-22-23(27-17(21)2)12-19(13-24(22)28)20-9-4-5-10-25(20)30-3/h4-11,19,27H,12-15H2,1-3H3/t19-/m1/s1. The maximum atomic E-state index is 13.0. The summed E-state index contributed by atoms with van der Waals surface area (Å²) in [4.78, 5) is 25.7. The van der Waals surface area contributed by atoms with E-state index < -0.39 is 0 Å². The van der Waals surface area contributed by atoms with Crippen LogP contribution in [0.4, 0.5) is 0 Å². The third kappa shape index (κ3) is 4.41. The lowest BCUT2D eigenvalue weighted by Crippen LogP contribution is -2.31. The zero-order valence-electron chi connectivity index (χ0n) is 18.2. The highest BCUT2D eigenvalue weighted by Gasteiger charge is 2.34. The van der Waals surface area contributed by atoms with Crippen molar-refractivity contribution in [3.05, 3.63) is 87.8 Å². The van der Waals surface area contributed by atoms with Crippen LogP contribution < -0.4 is 10.1 Å². The molecule has 4 rings (SSSR count). The molecule has 1 aliphatic carbocycles. The minimum atomic E-state index is -0.377. The van der Waals surface area contributed by atoms with Crippen LogP contribution in [0.3, 0.4) is 0 Å². The summed E-state index contributed by atoms with van der Waals surface area (Å²) >= 11 is 0. The van der Waals surface area contributed by atoms with Gasteiger partial charge in [-0.2, -0.15) is 0 Å². The summed E-state index contributed by atoms with van der Waals surface area (Å²) in [6, 6.07) is 15.7. The molecular weight excluding hydrogens is 390 g/mol. The van der Waals surface area contributed by atoms with Crippen molar-refractivity contribution in [2.75, 3.05) is 7.11 Å². The maximum absolute atomic E-state index is 13.0. The molecule has 5 heteroatoms. The molecule has 0 saturated carbocycles. The van der Waals surface area contributed by atoms with Crippen molar-refractivity contribution in [1.82, 2.24) is 5.32 Å². The molecule has 0 bridgehead atoms. The highest BCUT2D eigenvalue weighted by Crippen LogP contribution is 2.41. The largest absolute Gasteiger partial charge is 0.496 e. The van der Waals surface area contributed by atoms with Crippen LogP contribution in [0.5, 0.6) is 5.75 Å². The topological polar surface area (TPSA) is 64.6 Å². The number of ether oxygens (including phenoxy) is 2. The molecule has 2 aromatic rings. The van der Waals surface area contributed by atoms with Crippen molar-refractivity contribution >= 4 is 11.8 Å². The number of rotatable bonds is 5. The van der Waals surface area contributed by atoms with Gasteiger partial charge in [-0.05, 0) is 37.5 Å². The fourth-order valence-electron chi connectivity index (χ4n) is 4.39. The molecule has 31 heavy (non-hydrogen) atoms. The number of hydrogen-bond acceptors (Lipinski definition) is 5. The predicted molar refractivity (Wildman–Crippen MR) is 118 cm³/mol. The van der Waals surface area contributed by atoms with Gasteiger partial charge < -0.3 is 14.8 Å². The quantitative estimate of drug-likeness (QED) is 0.714. The lowest BCUT2D eigenvalue weighted by atomic mass is 9.78. The number of ketones is 1. The summed E-state index contributed by atoms with van der Waals surface area (Å²) in [6.07, 6.45) is 1.44. The summed E-state index contributed by atoms with van der Waals surface area (Å²) in [7, 11) is 1.65. The van der Waals surface area contributed by atoms with Gasteiger partial charge in [-0.3, -0.25) is 4.79 Å². The van der Waals surface area contributed by atoms with Crippen LogP contribution >= 0.6 is 0 Å². The zero-order valence-corrected chi connectivity index (χ0v) is 18.2. The number of Topliss-reactive ketones (excluding diaryl/α,β-unsaturated/α-hetero) is 1. The average Bonchev–Trinajstić information content (AvgIpc) is 2.77. The molecule has 0 unspecified atom stereocenters. The first kappa shape index (κ1) is 20.9. The molecule has 0 amide bonds. The molecular formula is C26H27NO4. The van der Waals surface area contributed by atoms with Crippen LogP contribution in [-0.2, 0) is 20.9 Å². The minimum Gasteiger partial charge on any atom is -0.496 e. The molecule has 1 aliphatic heterocycles. The Hall–Kier alpha value is -3.34. The molecule has 1 atom stereocenters. The summed E-state index contributed by atoms with van der Waals surface area (Å²) in [5.41, 5.74) is 5.98. The van der Waals surface area contributed by atoms with Gasteiger partial charge in [0.15, 0.2) is 5.78 Å². The third-order valence-corrected chi connectivity index (χ3v) is 6.01. The lowest BCUT2D eigenvalue weighted by Gasteiger charge is -2.32. The number of benzene rings is 2. The SMILES string of the molecule is COc1ccccc1[C@H]1CC(=O)C2=C(C1)NC(C)=C(C(=O)OCc1cccc(C)c1)C2. The second-order valence-corrected chi connectivity index (χ2v) is 8.20. The molecule has 5 nitrogen and oxygen atoms in total. The van der Waals surface area contributed by atoms with Crippen LogP contribution in [0.2, 0.25) is 0 Å². The van der Waals surface area contributed by atoms with Gasteiger partial charge >= 0.3 is 5.97 Å². The fourth-order valence-corrected chi connectivity index (χ4v) is 4.39. The predicted octanol–water partition coefficient (Wildman–Crippen LogP) is 4.71. The van der Waals surface area contributed by atoms with E-state index in [0.29, 0.717) is 30.4 Å². The van der Waals surface area contributed by atoms with Gasteiger partial charge in [0.25, 0.3) is 0 Å². The summed E-state index contributed by atoms with van der Waals surface area (Å²) in [5, 5.41) is 3.32. The first-order valence-corrected chi connectivity index (χ1v) is 10.5. The number of nitrogens with one attached hydrogen (secondary N) is 1. The van der Waals surface area contributed by atoms with E-state index in [4.69, 9.17) is 9.47 Å². The highest BCUT2D eigenvalue weighted by molar-refractivity contribution is 6.01. The Morgan fingerprint density at radius 2 is 1.90 bits per heavy atom. The average molecular weight is 418 g/mol. The number of esters is 1. The van der Waals surface area contributed by atoms with Gasteiger partial charge in [-0.1, -0.05) is 48.0 Å². The van der Waals surface area contributed by atoms with Gasteiger partial charge in [0.2, 0.25) is 0 Å². The maximum Gasteiger partial charge on any atom is 0.336 e. The Morgan fingerprint density at radius 1 is 1.10 bits per heavy atom. The Bertz CT molecular complexity index is 1100. The van der Waals surface area contributed by atoms with Crippen LogP contribution in [0.15, 0.2) is 71.1 Å². The number of dihydropyridines is 1. The smallest absolute Gasteiger partial charge is 0.336 e. The molecule has 0 radical (unpaired) electrons. The number of carbonyl (C=O) groups is 2. The van der Waals surface area contributed by atoms with Gasteiger partial charge in [0.05, 0.1) is 12.7 Å². The zero-order chi connectivity index (χ0) is 22.0. The first-order chi connectivity index (χ1) is 15.0. The van der Waals surface area contributed by atoms with Crippen LogP contribution in [0, 0.1) is 6.92 Å². The molecule has 0 spiro atoms. The van der Waals surface area contributed by atoms with Crippen molar-refractivity contribution in [2.24, 2.45) is 0 Å². The second kappa shape index (κ2) is 8.80. The van der Waals surface area contributed by atoms with E-state index in [2.05, 4.69) is 5.32 Å². The van der Waals surface area contributed by atoms with Crippen LogP contribution in [0.25, 0.3) is 0 Å². The Balaban J connectivity index is 1.48. The Kier molecular flexibility index (Phi) is 5.94. The summed E-state index contributed by atoms with van der Waals surface area (Å²) < 4.78 is 11.0. The van der Waals surface area contributed by atoms with Crippen LogP contribution in [-0.4, -0.2) is 18.9 Å². The monoisotopic (exact) mass is 417 g/mol. The van der Waals surface area contributed by atoms with E-state index >= 15 is 0 Å². The summed E-state index contributed by atoms with van der Waals surface area (Å²) in [5.74, 6) is 0.546. The lowest BCUT2D eigenvalue weighted by molar-refractivity contribution is -0.140. The van der Waals surface area contributed by atoms with Crippen molar-refractivity contribution in [3.8, 4) is 5.75 Å². The molecule has 160 valence electrons. The molecule has 0 saturated heterocycles. The fraction of sp³-hybridized carbons (Fsp3) is 0.308. The van der Waals surface area contributed by atoms with E-state index in [-0.39, 0.29) is 24.3 Å². The van der Waals surface area contributed by atoms with E-state index in [9.17, 15) is 9.59 Å². The first-order valence-electron chi connectivity index (χ1n) is 10.5. The number of aryl methyl sites for hydroxylation is 1.